The molecule has 0 radical (unpaired) electrons. The normalized spacial score (nSPS) is 33.6. The van der Waals surface area contributed by atoms with E-state index in [-0.39, 0.29) is 35.1 Å². The van der Waals surface area contributed by atoms with Crippen LogP contribution in [0.25, 0.3) is 0 Å². The quantitative estimate of drug-likeness (QED) is 0.343. The molecule has 2 bridgehead atoms. The molecule has 39 heavy (non-hydrogen) atoms. The predicted molar refractivity (Wildman–Crippen MR) is 148 cm³/mol. The average molecular weight is 608 g/mol. The van der Waals surface area contributed by atoms with Crippen molar-refractivity contribution in [3.63, 3.8) is 0 Å². The number of aliphatic hydroxyl groups is 1. The zero-order chi connectivity index (χ0) is 27.7. The molecule has 1 aromatic carbocycles. The monoisotopic (exact) mass is 606 g/mol. The van der Waals surface area contributed by atoms with E-state index in [1.807, 2.05) is 32.0 Å². The Morgan fingerprint density at radius 3 is 2.59 bits per heavy atom. The van der Waals surface area contributed by atoms with Crippen molar-refractivity contribution in [3.05, 3.63) is 30.3 Å². The molecule has 0 aromatic heterocycles. The molecule has 10 nitrogen and oxygen atoms in total. The van der Waals surface area contributed by atoms with Crippen LogP contribution in [-0.2, 0) is 23.9 Å². The molecule has 1 aromatic rings. The summed E-state index contributed by atoms with van der Waals surface area (Å²) in [5, 5.41) is 16.4. The minimum atomic E-state index is -1.15. The Labute approximate surface area is 237 Å². The van der Waals surface area contributed by atoms with Crippen molar-refractivity contribution in [2.24, 2.45) is 17.8 Å². The first-order valence-corrected chi connectivity index (χ1v) is 14.9. The van der Waals surface area contributed by atoms with Gasteiger partial charge in [-0.2, -0.15) is 0 Å². The first kappa shape index (κ1) is 28.5. The summed E-state index contributed by atoms with van der Waals surface area (Å²) in [5.74, 6) is -2.52. The van der Waals surface area contributed by atoms with E-state index in [0.29, 0.717) is 38.4 Å². The van der Waals surface area contributed by atoms with Gasteiger partial charge in [-0.3, -0.25) is 19.3 Å². The van der Waals surface area contributed by atoms with Gasteiger partial charge in [-0.1, -0.05) is 54.4 Å². The van der Waals surface area contributed by atoms with Crippen molar-refractivity contribution in [2.75, 3.05) is 51.3 Å². The van der Waals surface area contributed by atoms with Crippen LogP contribution in [-0.4, -0.2) is 107 Å². The summed E-state index contributed by atoms with van der Waals surface area (Å²) < 4.78 is 12.0. The summed E-state index contributed by atoms with van der Waals surface area (Å²) in [7, 11) is 0. The van der Waals surface area contributed by atoms with Gasteiger partial charge in [0.1, 0.15) is 11.6 Å². The number of halogens is 1. The summed E-state index contributed by atoms with van der Waals surface area (Å²) in [6, 6.07) is 7.62. The number of nitrogens with zero attached hydrogens (tertiary/aromatic N) is 2. The van der Waals surface area contributed by atoms with E-state index < -0.39 is 35.6 Å². The van der Waals surface area contributed by atoms with Crippen LogP contribution in [0.15, 0.2) is 30.3 Å². The third kappa shape index (κ3) is 5.12. The van der Waals surface area contributed by atoms with Gasteiger partial charge in [0.15, 0.2) is 0 Å². The molecular formula is C28H39BrN4O6. The van der Waals surface area contributed by atoms with Crippen LogP contribution >= 0.6 is 15.9 Å². The van der Waals surface area contributed by atoms with E-state index in [0.717, 1.165) is 19.5 Å². The lowest BCUT2D eigenvalue weighted by atomic mass is 9.70. The molecule has 11 heteroatoms. The highest BCUT2D eigenvalue weighted by atomic mass is 79.9. The Morgan fingerprint density at radius 2 is 1.92 bits per heavy atom. The third-order valence-electron chi connectivity index (χ3n) is 9.00. The summed E-state index contributed by atoms with van der Waals surface area (Å²) in [5.41, 5.74) is -0.517. The molecule has 4 fully saturated rings. The van der Waals surface area contributed by atoms with Crippen LogP contribution < -0.4 is 10.6 Å². The van der Waals surface area contributed by atoms with Crippen LogP contribution in [0.1, 0.15) is 26.7 Å². The Bertz CT molecular complexity index is 1060. The van der Waals surface area contributed by atoms with Gasteiger partial charge in [-0.05, 0) is 24.5 Å². The second-order valence-electron chi connectivity index (χ2n) is 11.1. The Balaban J connectivity index is 1.44. The Hall–Kier alpha value is -2.05. The van der Waals surface area contributed by atoms with Crippen LogP contribution in [0.4, 0.5) is 5.69 Å². The molecule has 8 atom stereocenters. The number of fused-ring (bicyclic) bond motifs is 1. The van der Waals surface area contributed by atoms with Gasteiger partial charge >= 0.3 is 0 Å². The fourth-order valence-electron chi connectivity index (χ4n) is 6.84. The van der Waals surface area contributed by atoms with Crippen molar-refractivity contribution < 1.29 is 29.0 Å². The molecule has 3 unspecified atom stereocenters. The Kier molecular flexibility index (Phi) is 8.63. The number of nitrogens with one attached hydrogen (secondary N) is 2. The number of aliphatic hydroxyl groups excluding tert-OH is 1. The highest BCUT2D eigenvalue weighted by molar-refractivity contribution is 9.09. The first-order chi connectivity index (χ1) is 18.8. The number of anilines is 1. The number of amides is 3. The summed E-state index contributed by atoms with van der Waals surface area (Å²) in [6.07, 6.45) is 0.616. The highest BCUT2D eigenvalue weighted by Gasteiger charge is 2.77. The van der Waals surface area contributed by atoms with E-state index in [1.165, 1.54) is 0 Å². The van der Waals surface area contributed by atoms with Crippen molar-refractivity contribution in [3.8, 4) is 0 Å². The van der Waals surface area contributed by atoms with Gasteiger partial charge in [0.05, 0.1) is 43.8 Å². The van der Waals surface area contributed by atoms with Crippen molar-refractivity contribution in [1.29, 1.82) is 0 Å². The zero-order valence-corrected chi connectivity index (χ0v) is 24.1. The zero-order valence-electron chi connectivity index (χ0n) is 22.6. The number of rotatable bonds is 10. The smallest absolute Gasteiger partial charge is 0.245 e. The molecule has 4 aliphatic heterocycles. The second kappa shape index (κ2) is 11.8. The molecule has 3 N–H and O–H groups in total. The number of ether oxygens (including phenoxy) is 2. The van der Waals surface area contributed by atoms with E-state index in [4.69, 9.17) is 9.47 Å². The number of alkyl halides is 1. The number of likely N-dealkylation sites (tertiary alicyclic amines) is 1. The maximum Gasteiger partial charge on any atom is 0.245 e. The van der Waals surface area contributed by atoms with Crippen molar-refractivity contribution in [2.45, 2.75) is 55.3 Å². The topological polar surface area (TPSA) is 120 Å². The molecule has 0 aliphatic carbocycles. The number of benzene rings is 1. The molecule has 3 amide bonds. The van der Waals surface area contributed by atoms with Gasteiger partial charge < -0.3 is 30.1 Å². The minimum absolute atomic E-state index is 0.0496. The van der Waals surface area contributed by atoms with Gasteiger partial charge in [0.2, 0.25) is 17.7 Å². The molecule has 4 aliphatic rings. The number of carbonyl (C=O) groups is 3. The molecule has 4 heterocycles. The van der Waals surface area contributed by atoms with Crippen molar-refractivity contribution >= 4 is 39.3 Å². The molecule has 214 valence electrons. The van der Waals surface area contributed by atoms with E-state index in [1.54, 1.807) is 17.0 Å². The van der Waals surface area contributed by atoms with Gasteiger partial charge in [-0.15, -0.1) is 0 Å². The largest absolute Gasteiger partial charge is 0.394 e. The molecule has 4 saturated heterocycles. The first-order valence-electron chi connectivity index (χ1n) is 14.0. The van der Waals surface area contributed by atoms with Crippen molar-refractivity contribution in [1.82, 2.24) is 15.1 Å². The van der Waals surface area contributed by atoms with Gasteiger partial charge in [-0.25, -0.2) is 0 Å². The number of hydrogen-bond donors (Lipinski definition) is 3. The van der Waals surface area contributed by atoms with Crippen LogP contribution in [0, 0.1) is 17.8 Å². The third-order valence-corrected chi connectivity index (χ3v) is 9.84. The SMILES string of the molecule is CC[C@H](C)[C@H](CO)N1C(=O)[C@@H]2[C@@H](C(=O)Nc3ccccc3)[C@@H]3OC2(CC3Br)C1C(=O)NCCN1CCOCC1. The minimum Gasteiger partial charge on any atom is -0.394 e. The standard InChI is InChI=1S/C28H39BrN4O6/c1-3-17(2)20(16-34)33-24(26(36)30-9-10-32-11-13-38-14-12-32)28-15-19(29)23(39-28)21(22(28)27(33)37)25(35)31-18-7-5-4-6-8-18/h4-8,17,19-24,34H,3,9-16H2,1-2H3,(H,30,36)(H,31,35)/t17-,19?,20-,21+,22-,23+,24?,28?/m0/s1. The average Bonchev–Trinajstić information content (AvgIpc) is 3.53. The molecule has 0 saturated carbocycles. The van der Waals surface area contributed by atoms with Crippen LogP contribution in [0.5, 0.6) is 0 Å². The van der Waals surface area contributed by atoms with E-state index in [2.05, 4.69) is 31.5 Å². The fraction of sp³-hybridized carbons (Fsp3) is 0.679. The van der Waals surface area contributed by atoms with E-state index >= 15 is 0 Å². The predicted octanol–water partition coefficient (Wildman–Crippen LogP) is 1.23. The molecular weight excluding hydrogens is 568 g/mol. The number of para-hydroxylation sites is 1. The van der Waals surface area contributed by atoms with Crippen LogP contribution in [0.3, 0.4) is 0 Å². The summed E-state index contributed by atoms with van der Waals surface area (Å²) in [6.45, 7) is 7.75. The Morgan fingerprint density at radius 1 is 1.21 bits per heavy atom. The number of hydrogen-bond acceptors (Lipinski definition) is 7. The molecule has 5 rings (SSSR count). The summed E-state index contributed by atoms with van der Waals surface area (Å²) >= 11 is 3.70. The molecule has 1 spiro atoms. The lowest BCUT2D eigenvalue weighted by Crippen LogP contribution is -2.59. The maximum atomic E-state index is 14.2. The lowest BCUT2D eigenvalue weighted by molar-refractivity contribution is -0.146. The van der Waals surface area contributed by atoms with Gasteiger partial charge in [0.25, 0.3) is 0 Å². The second-order valence-corrected chi connectivity index (χ2v) is 12.3. The maximum absolute atomic E-state index is 14.2. The fourth-order valence-corrected chi connectivity index (χ4v) is 7.79. The number of morpholine rings is 1. The summed E-state index contributed by atoms with van der Waals surface area (Å²) in [4.78, 5) is 45.4. The van der Waals surface area contributed by atoms with Crippen LogP contribution in [0.2, 0.25) is 0 Å². The lowest BCUT2D eigenvalue weighted by Gasteiger charge is -2.39. The van der Waals surface area contributed by atoms with Gasteiger partial charge in [0, 0.05) is 36.7 Å². The van der Waals surface area contributed by atoms with E-state index in [9.17, 15) is 19.5 Å². The number of carbonyl (C=O) groups excluding carboxylic acids is 3. The highest BCUT2D eigenvalue weighted by Crippen LogP contribution is 2.60.